The summed E-state index contributed by atoms with van der Waals surface area (Å²) in [4.78, 5) is 14.2. The van der Waals surface area contributed by atoms with Gasteiger partial charge in [-0.2, -0.15) is 0 Å². The number of rotatable bonds is 6. The molecule has 0 aliphatic carbocycles. The Hall–Kier alpha value is -1.01. The molecular formula is C14H24N4OS. The molecule has 0 unspecified atom stereocenters. The molecule has 1 N–H and O–H groups in total. The smallest absolute Gasteiger partial charge is 0.220 e. The zero-order valence-corrected chi connectivity index (χ0v) is 13.2. The van der Waals surface area contributed by atoms with Crippen LogP contribution in [0.5, 0.6) is 0 Å². The first-order chi connectivity index (χ1) is 9.65. The lowest BCUT2D eigenvalue weighted by Crippen LogP contribution is -2.37. The molecule has 0 spiro atoms. The summed E-state index contributed by atoms with van der Waals surface area (Å²) in [5.74, 6) is 0.158. The number of aromatic nitrogens is 2. The number of likely N-dealkylation sites (tertiary alicyclic amines) is 1. The Morgan fingerprint density at radius 3 is 3.00 bits per heavy atom. The van der Waals surface area contributed by atoms with Crippen molar-refractivity contribution < 1.29 is 4.79 Å². The minimum Gasteiger partial charge on any atom is -0.356 e. The van der Waals surface area contributed by atoms with Crippen LogP contribution in [0.1, 0.15) is 42.1 Å². The predicted octanol–water partition coefficient (Wildman–Crippen LogP) is 1.77. The van der Waals surface area contributed by atoms with Gasteiger partial charge in [0.1, 0.15) is 10.0 Å². The third kappa shape index (κ3) is 4.83. The molecule has 112 valence electrons. The highest BCUT2D eigenvalue weighted by Crippen LogP contribution is 2.18. The molecule has 5 nitrogen and oxygen atoms in total. The Bertz CT molecular complexity index is 435. The number of carbonyl (C=O) groups excluding carboxylic acids is 1. The lowest BCUT2D eigenvalue weighted by Gasteiger charge is -2.32. The van der Waals surface area contributed by atoms with Gasteiger partial charge >= 0.3 is 0 Å². The summed E-state index contributed by atoms with van der Waals surface area (Å²) in [6.07, 6.45) is 6.20. The average molecular weight is 296 g/mol. The SMILES string of the molecule is Cc1nnc(CCNC(=O)CC[C@H]2CCCCN2C)s1. The van der Waals surface area contributed by atoms with E-state index in [0.717, 1.165) is 22.9 Å². The molecule has 0 radical (unpaired) electrons. The molecule has 1 aliphatic heterocycles. The number of piperidine rings is 1. The number of hydrogen-bond acceptors (Lipinski definition) is 5. The molecule has 0 saturated carbocycles. The fourth-order valence-electron chi connectivity index (χ4n) is 2.64. The standard InChI is InChI=1S/C14H24N4OS/c1-11-16-17-14(20-11)8-9-15-13(19)7-6-12-5-3-4-10-18(12)2/h12H,3-10H2,1-2H3,(H,15,19)/t12-/m1/s1. The van der Waals surface area contributed by atoms with Crippen LogP contribution in [-0.4, -0.2) is 47.2 Å². The summed E-state index contributed by atoms with van der Waals surface area (Å²) in [6, 6.07) is 0.584. The molecule has 6 heteroatoms. The van der Waals surface area contributed by atoms with E-state index in [4.69, 9.17) is 0 Å². The number of hydrogen-bond donors (Lipinski definition) is 1. The lowest BCUT2D eigenvalue weighted by molar-refractivity contribution is -0.121. The van der Waals surface area contributed by atoms with E-state index in [1.807, 2.05) is 6.92 Å². The van der Waals surface area contributed by atoms with E-state index in [2.05, 4.69) is 27.5 Å². The molecule has 1 aromatic rings. The van der Waals surface area contributed by atoms with Gasteiger partial charge in [0, 0.05) is 25.4 Å². The molecular weight excluding hydrogens is 272 g/mol. The van der Waals surface area contributed by atoms with Crippen LogP contribution in [0.25, 0.3) is 0 Å². The second kappa shape index (κ2) is 7.69. The monoisotopic (exact) mass is 296 g/mol. The van der Waals surface area contributed by atoms with Gasteiger partial charge < -0.3 is 10.2 Å². The summed E-state index contributed by atoms with van der Waals surface area (Å²) in [7, 11) is 2.17. The summed E-state index contributed by atoms with van der Waals surface area (Å²) >= 11 is 1.60. The zero-order chi connectivity index (χ0) is 14.4. The fourth-order valence-corrected chi connectivity index (χ4v) is 3.35. The summed E-state index contributed by atoms with van der Waals surface area (Å²) in [5.41, 5.74) is 0. The van der Waals surface area contributed by atoms with Crippen molar-refractivity contribution >= 4 is 17.2 Å². The molecule has 1 aromatic heterocycles. The van der Waals surface area contributed by atoms with Gasteiger partial charge in [0.15, 0.2) is 0 Å². The van der Waals surface area contributed by atoms with Crippen LogP contribution >= 0.6 is 11.3 Å². The Kier molecular flexibility index (Phi) is 5.91. The first-order valence-electron chi connectivity index (χ1n) is 7.41. The van der Waals surface area contributed by atoms with E-state index >= 15 is 0 Å². The molecule has 0 bridgehead atoms. The molecule has 2 rings (SSSR count). The number of nitrogens with zero attached hydrogens (tertiary/aromatic N) is 3. The number of aryl methyl sites for hydroxylation is 1. The molecule has 1 atom stereocenters. The highest BCUT2D eigenvalue weighted by atomic mass is 32.1. The van der Waals surface area contributed by atoms with Crippen LogP contribution in [0.3, 0.4) is 0 Å². The Morgan fingerprint density at radius 2 is 2.30 bits per heavy atom. The van der Waals surface area contributed by atoms with E-state index in [1.54, 1.807) is 11.3 Å². The molecule has 1 fully saturated rings. The van der Waals surface area contributed by atoms with Crippen molar-refractivity contribution in [2.24, 2.45) is 0 Å². The number of nitrogens with one attached hydrogen (secondary N) is 1. The van der Waals surface area contributed by atoms with Gasteiger partial charge in [0.25, 0.3) is 0 Å². The van der Waals surface area contributed by atoms with Crippen LogP contribution in [0.4, 0.5) is 0 Å². The normalized spacial score (nSPS) is 20.0. The maximum absolute atomic E-state index is 11.8. The second-order valence-corrected chi connectivity index (χ2v) is 6.75. The van der Waals surface area contributed by atoms with E-state index in [0.29, 0.717) is 19.0 Å². The highest BCUT2D eigenvalue weighted by molar-refractivity contribution is 7.11. The predicted molar refractivity (Wildman–Crippen MR) is 80.9 cm³/mol. The second-order valence-electron chi connectivity index (χ2n) is 5.48. The molecule has 20 heavy (non-hydrogen) atoms. The highest BCUT2D eigenvalue weighted by Gasteiger charge is 2.19. The Balaban J connectivity index is 1.60. The Morgan fingerprint density at radius 1 is 1.45 bits per heavy atom. The van der Waals surface area contributed by atoms with Gasteiger partial charge in [0.05, 0.1) is 0 Å². The van der Waals surface area contributed by atoms with Gasteiger partial charge in [0.2, 0.25) is 5.91 Å². The summed E-state index contributed by atoms with van der Waals surface area (Å²) in [6.45, 7) is 3.77. The van der Waals surface area contributed by atoms with Crippen molar-refractivity contribution in [3.63, 3.8) is 0 Å². The fraction of sp³-hybridized carbons (Fsp3) is 0.786. The number of amides is 1. The molecule has 1 amide bonds. The van der Waals surface area contributed by atoms with Crippen LogP contribution in [-0.2, 0) is 11.2 Å². The van der Waals surface area contributed by atoms with Crippen molar-refractivity contribution in [3.8, 4) is 0 Å². The molecule has 0 aromatic carbocycles. The molecule has 2 heterocycles. The largest absolute Gasteiger partial charge is 0.356 e. The lowest BCUT2D eigenvalue weighted by atomic mass is 9.98. The van der Waals surface area contributed by atoms with Gasteiger partial charge in [-0.05, 0) is 39.8 Å². The number of carbonyl (C=O) groups is 1. The van der Waals surface area contributed by atoms with E-state index in [1.165, 1.54) is 25.8 Å². The van der Waals surface area contributed by atoms with E-state index in [-0.39, 0.29) is 5.91 Å². The van der Waals surface area contributed by atoms with E-state index in [9.17, 15) is 4.79 Å². The first-order valence-corrected chi connectivity index (χ1v) is 8.22. The maximum Gasteiger partial charge on any atom is 0.220 e. The van der Waals surface area contributed by atoms with Crippen molar-refractivity contribution in [2.75, 3.05) is 20.1 Å². The van der Waals surface area contributed by atoms with Gasteiger partial charge in [-0.3, -0.25) is 4.79 Å². The minimum absolute atomic E-state index is 0.158. The zero-order valence-electron chi connectivity index (χ0n) is 12.4. The third-order valence-corrected chi connectivity index (χ3v) is 4.75. The third-order valence-electron chi connectivity index (χ3n) is 3.86. The van der Waals surface area contributed by atoms with Gasteiger partial charge in [-0.1, -0.05) is 6.42 Å². The van der Waals surface area contributed by atoms with Crippen LogP contribution in [0.15, 0.2) is 0 Å². The van der Waals surface area contributed by atoms with Crippen molar-refractivity contribution in [2.45, 2.75) is 51.5 Å². The Labute approximate surface area is 124 Å². The average Bonchev–Trinajstić information content (AvgIpc) is 2.83. The van der Waals surface area contributed by atoms with Crippen LogP contribution in [0, 0.1) is 6.92 Å². The molecule has 1 aliphatic rings. The topological polar surface area (TPSA) is 58.1 Å². The van der Waals surface area contributed by atoms with Gasteiger partial charge in [-0.25, -0.2) is 0 Å². The maximum atomic E-state index is 11.8. The van der Waals surface area contributed by atoms with Crippen LogP contribution in [0.2, 0.25) is 0 Å². The van der Waals surface area contributed by atoms with Crippen LogP contribution < -0.4 is 5.32 Å². The minimum atomic E-state index is 0.158. The van der Waals surface area contributed by atoms with Crippen molar-refractivity contribution in [3.05, 3.63) is 10.0 Å². The van der Waals surface area contributed by atoms with Crippen molar-refractivity contribution in [1.29, 1.82) is 0 Å². The first kappa shape index (κ1) is 15.4. The van der Waals surface area contributed by atoms with Crippen molar-refractivity contribution in [1.82, 2.24) is 20.4 Å². The van der Waals surface area contributed by atoms with E-state index < -0.39 is 0 Å². The summed E-state index contributed by atoms with van der Waals surface area (Å²) in [5, 5.41) is 13.0. The summed E-state index contributed by atoms with van der Waals surface area (Å²) < 4.78 is 0. The quantitative estimate of drug-likeness (QED) is 0.869. The molecule has 1 saturated heterocycles. The van der Waals surface area contributed by atoms with Gasteiger partial charge in [-0.15, -0.1) is 21.5 Å².